The van der Waals surface area contributed by atoms with Gasteiger partial charge in [0, 0.05) is 5.92 Å². The number of hydrogen-bond donors (Lipinski definition) is 0. The van der Waals surface area contributed by atoms with Crippen LogP contribution in [0.15, 0.2) is 79.9 Å². The fourth-order valence-corrected chi connectivity index (χ4v) is 2.47. The molecule has 3 aromatic rings. The highest BCUT2D eigenvalue weighted by Gasteiger charge is 2.17. The smallest absolute Gasteiger partial charge is 0.137 e. The van der Waals surface area contributed by atoms with Crippen LogP contribution >= 0.6 is 0 Å². The highest BCUT2D eigenvalue weighted by Crippen LogP contribution is 2.31. The molecule has 0 amide bonds. The van der Waals surface area contributed by atoms with E-state index in [0.29, 0.717) is 0 Å². The lowest BCUT2D eigenvalue weighted by Crippen LogP contribution is -2.11. The van der Waals surface area contributed by atoms with Crippen molar-refractivity contribution in [2.45, 2.75) is 12.5 Å². The summed E-state index contributed by atoms with van der Waals surface area (Å²) >= 11 is 0. The Bertz CT molecular complexity index is 688. The van der Waals surface area contributed by atoms with Gasteiger partial charge in [0.2, 0.25) is 0 Å². The van der Waals surface area contributed by atoms with E-state index < -0.39 is 0 Å². The first-order valence-corrected chi connectivity index (χ1v) is 6.96. The van der Waals surface area contributed by atoms with E-state index in [1.54, 1.807) is 12.7 Å². The summed E-state index contributed by atoms with van der Waals surface area (Å²) in [6, 6.07) is 20.7. The Hall–Kier alpha value is -2.68. The lowest BCUT2D eigenvalue weighted by molar-refractivity contribution is 0.579. The maximum atomic E-state index is 4.32. The molecule has 104 valence electrons. The summed E-state index contributed by atoms with van der Waals surface area (Å²) in [4.78, 5) is 4.02. The first-order valence-electron chi connectivity index (χ1n) is 6.96. The topological polar surface area (TPSA) is 30.7 Å². The summed E-state index contributed by atoms with van der Waals surface area (Å²) in [5, 5.41) is 4.22. The maximum Gasteiger partial charge on any atom is 0.137 e. The predicted molar refractivity (Wildman–Crippen MR) is 84.7 cm³/mol. The summed E-state index contributed by atoms with van der Waals surface area (Å²) in [6.45, 7) is 5.05. The first-order chi connectivity index (χ1) is 10.3. The zero-order valence-corrected chi connectivity index (χ0v) is 11.8. The van der Waals surface area contributed by atoms with Gasteiger partial charge in [0.05, 0.1) is 6.54 Å². The minimum atomic E-state index is 0.176. The minimum Gasteiger partial charge on any atom is -0.252 e. The van der Waals surface area contributed by atoms with Crippen LogP contribution in [0.25, 0.3) is 5.57 Å². The van der Waals surface area contributed by atoms with E-state index in [1.165, 1.54) is 5.56 Å². The monoisotopic (exact) mass is 275 g/mol. The van der Waals surface area contributed by atoms with Crippen LogP contribution in [-0.2, 0) is 6.54 Å². The Kier molecular flexibility index (Phi) is 3.92. The van der Waals surface area contributed by atoms with Crippen LogP contribution < -0.4 is 0 Å². The van der Waals surface area contributed by atoms with Crippen LogP contribution in [0.2, 0.25) is 0 Å². The first kappa shape index (κ1) is 13.3. The summed E-state index contributed by atoms with van der Waals surface area (Å²) in [5.74, 6) is 0.176. The maximum absolute atomic E-state index is 4.32. The number of allylic oxidation sites excluding steroid dienone is 1. The van der Waals surface area contributed by atoms with Gasteiger partial charge in [0.15, 0.2) is 0 Å². The van der Waals surface area contributed by atoms with E-state index in [-0.39, 0.29) is 5.92 Å². The summed E-state index contributed by atoms with van der Waals surface area (Å²) in [7, 11) is 0. The van der Waals surface area contributed by atoms with Crippen molar-refractivity contribution in [3.63, 3.8) is 0 Å². The minimum absolute atomic E-state index is 0.176. The molecular formula is C18H17N3. The molecule has 0 saturated carbocycles. The number of hydrogen-bond acceptors (Lipinski definition) is 2. The zero-order chi connectivity index (χ0) is 14.5. The fraction of sp³-hybridized carbons (Fsp3) is 0.111. The molecule has 0 aliphatic carbocycles. The molecule has 0 fully saturated rings. The van der Waals surface area contributed by atoms with Gasteiger partial charge in [-0.25, -0.2) is 4.98 Å². The lowest BCUT2D eigenvalue weighted by atomic mass is 9.88. The molecule has 3 nitrogen and oxygen atoms in total. The molecule has 0 aliphatic heterocycles. The van der Waals surface area contributed by atoms with Gasteiger partial charge in [-0.1, -0.05) is 67.2 Å². The number of benzene rings is 2. The largest absolute Gasteiger partial charge is 0.252 e. The average molecular weight is 275 g/mol. The van der Waals surface area contributed by atoms with E-state index in [0.717, 1.165) is 17.7 Å². The van der Waals surface area contributed by atoms with Crippen LogP contribution in [0.4, 0.5) is 0 Å². The van der Waals surface area contributed by atoms with Crippen molar-refractivity contribution in [1.29, 1.82) is 0 Å². The lowest BCUT2D eigenvalue weighted by Gasteiger charge is -2.20. The molecule has 0 N–H and O–H groups in total. The van der Waals surface area contributed by atoms with Crippen molar-refractivity contribution in [3.05, 3.63) is 91.0 Å². The third-order valence-electron chi connectivity index (χ3n) is 3.60. The molecule has 1 aromatic heterocycles. The van der Waals surface area contributed by atoms with Gasteiger partial charge < -0.3 is 0 Å². The normalized spacial score (nSPS) is 12.0. The van der Waals surface area contributed by atoms with Crippen LogP contribution in [-0.4, -0.2) is 14.8 Å². The highest BCUT2D eigenvalue weighted by atomic mass is 15.3. The standard InChI is InChI=1S/C18H17N3/c1-15(16-8-4-2-5-9-16)18(12-21-14-19-13-20-21)17-10-6-3-7-11-17/h2-11,13-14,18H,1,12H2. The second kappa shape index (κ2) is 6.18. The van der Waals surface area contributed by atoms with E-state index in [4.69, 9.17) is 0 Å². The van der Waals surface area contributed by atoms with Gasteiger partial charge in [-0.3, -0.25) is 4.68 Å². The van der Waals surface area contributed by atoms with Crippen molar-refractivity contribution < 1.29 is 0 Å². The molecule has 0 saturated heterocycles. The van der Waals surface area contributed by atoms with Crippen molar-refractivity contribution in [1.82, 2.24) is 14.8 Å². The second-order valence-electron chi connectivity index (χ2n) is 4.97. The molecule has 0 spiro atoms. The van der Waals surface area contributed by atoms with E-state index in [2.05, 4.69) is 53.1 Å². The SMILES string of the molecule is C=C(c1ccccc1)C(Cn1cncn1)c1ccccc1. The van der Waals surface area contributed by atoms with Crippen molar-refractivity contribution in [2.24, 2.45) is 0 Å². The second-order valence-corrected chi connectivity index (χ2v) is 4.97. The molecule has 1 unspecified atom stereocenters. The van der Waals surface area contributed by atoms with Gasteiger partial charge in [0.1, 0.15) is 12.7 Å². The number of rotatable bonds is 5. The Labute approximate surface area is 124 Å². The van der Waals surface area contributed by atoms with E-state index in [1.807, 2.05) is 28.9 Å². The molecule has 0 aliphatic rings. The van der Waals surface area contributed by atoms with E-state index in [9.17, 15) is 0 Å². The Morgan fingerprint density at radius 3 is 2.29 bits per heavy atom. The molecule has 1 heterocycles. The molecule has 1 atom stereocenters. The van der Waals surface area contributed by atoms with Gasteiger partial charge in [-0.15, -0.1) is 0 Å². The quantitative estimate of drug-likeness (QED) is 0.709. The van der Waals surface area contributed by atoms with Gasteiger partial charge in [-0.2, -0.15) is 5.10 Å². The van der Waals surface area contributed by atoms with Crippen LogP contribution in [0.5, 0.6) is 0 Å². The molecule has 3 heteroatoms. The Morgan fingerprint density at radius 2 is 1.67 bits per heavy atom. The third kappa shape index (κ3) is 3.08. The Morgan fingerprint density at radius 1 is 1.00 bits per heavy atom. The van der Waals surface area contributed by atoms with Gasteiger partial charge in [0.25, 0.3) is 0 Å². The molecule has 0 radical (unpaired) electrons. The third-order valence-corrected chi connectivity index (χ3v) is 3.60. The molecule has 21 heavy (non-hydrogen) atoms. The predicted octanol–water partition coefficient (Wildman–Crippen LogP) is 3.78. The van der Waals surface area contributed by atoms with Crippen LogP contribution in [0, 0.1) is 0 Å². The zero-order valence-electron chi connectivity index (χ0n) is 11.8. The Balaban J connectivity index is 1.94. The summed E-state index contributed by atoms with van der Waals surface area (Å²) in [6.07, 6.45) is 3.31. The molecular weight excluding hydrogens is 258 g/mol. The average Bonchev–Trinajstić information content (AvgIpc) is 3.07. The highest BCUT2D eigenvalue weighted by molar-refractivity contribution is 5.69. The molecule has 2 aromatic carbocycles. The van der Waals surface area contributed by atoms with Crippen molar-refractivity contribution >= 4 is 5.57 Å². The summed E-state index contributed by atoms with van der Waals surface area (Å²) < 4.78 is 1.85. The van der Waals surface area contributed by atoms with Crippen molar-refractivity contribution in [3.8, 4) is 0 Å². The molecule has 0 bridgehead atoms. The number of nitrogens with zero attached hydrogens (tertiary/aromatic N) is 3. The van der Waals surface area contributed by atoms with Crippen LogP contribution in [0.3, 0.4) is 0 Å². The molecule has 3 rings (SSSR count). The number of aromatic nitrogens is 3. The van der Waals surface area contributed by atoms with Gasteiger partial charge >= 0.3 is 0 Å². The van der Waals surface area contributed by atoms with Crippen molar-refractivity contribution in [2.75, 3.05) is 0 Å². The fourth-order valence-electron chi connectivity index (χ4n) is 2.47. The van der Waals surface area contributed by atoms with Gasteiger partial charge in [-0.05, 0) is 16.7 Å². The van der Waals surface area contributed by atoms with Crippen LogP contribution in [0.1, 0.15) is 17.0 Å². The summed E-state index contributed by atoms with van der Waals surface area (Å²) in [5.41, 5.74) is 3.49. The van der Waals surface area contributed by atoms with E-state index >= 15 is 0 Å².